The van der Waals surface area contributed by atoms with E-state index in [-0.39, 0.29) is 35.6 Å². The molecule has 0 spiro atoms. The summed E-state index contributed by atoms with van der Waals surface area (Å²) in [6.07, 6.45) is -4.26. The molecule has 1 saturated heterocycles. The topological polar surface area (TPSA) is 139 Å². The quantitative estimate of drug-likeness (QED) is 0.214. The molecule has 0 bridgehead atoms. The molecule has 0 aliphatic carbocycles. The summed E-state index contributed by atoms with van der Waals surface area (Å²) in [5.74, 6) is -0.723. The van der Waals surface area contributed by atoms with Gasteiger partial charge in [0.05, 0.1) is 12.2 Å². The van der Waals surface area contributed by atoms with Crippen LogP contribution in [0.5, 0.6) is 5.75 Å². The number of alkyl carbamates (subject to hydrolysis) is 1. The molecular weight excluding hydrogens is 511 g/mol. The number of carboxylic acid groups (broad SMARTS) is 1. The Morgan fingerprint density at radius 2 is 2.08 bits per heavy atom. The van der Waals surface area contributed by atoms with Gasteiger partial charge in [-0.3, -0.25) is 5.32 Å². The molecule has 1 aliphatic heterocycles. The van der Waals surface area contributed by atoms with Crippen molar-refractivity contribution in [1.82, 2.24) is 20.4 Å². The first-order valence-corrected chi connectivity index (χ1v) is 11.7. The lowest BCUT2D eigenvalue weighted by Crippen LogP contribution is -2.46. The normalized spacial score (nSPS) is 16.3. The van der Waals surface area contributed by atoms with E-state index >= 15 is 0 Å². The number of rotatable bonds is 6. The fraction of sp³-hybridized carbons (Fsp3) is 0.458. The molecule has 1 fully saturated rings. The highest BCUT2D eigenvalue weighted by molar-refractivity contribution is 5.98. The van der Waals surface area contributed by atoms with Crippen LogP contribution < -0.4 is 10.1 Å². The Labute approximate surface area is 216 Å². The van der Waals surface area contributed by atoms with Gasteiger partial charge in [-0.25, -0.2) is 9.59 Å². The fourth-order valence-electron chi connectivity index (χ4n) is 3.68. The number of amides is 2. The summed E-state index contributed by atoms with van der Waals surface area (Å²) >= 11 is 0. The smallest absolute Gasteiger partial charge is 0.434 e. The van der Waals surface area contributed by atoms with Crippen LogP contribution in [0.3, 0.4) is 0 Å². The number of guanidine groups is 1. The molecular formula is C24H28F3N5O6. The van der Waals surface area contributed by atoms with Gasteiger partial charge in [-0.05, 0) is 58.2 Å². The van der Waals surface area contributed by atoms with Gasteiger partial charge in [0.15, 0.2) is 0 Å². The number of hydrogen-bond donors (Lipinski definition) is 2. The van der Waals surface area contributed by atoms with Crippen LogP contribution in [0.4, 0.5) is 22.8 Å². The van der Waals surface area contributed by atoms with Gasteiger partial charge < -0.3 is 24.0 Å². The molecule has 1 atom stereocenters. The molecule has 0 radical (unpaired) electrons. The van der Waals surface area contributed by atoms with E-state index in [9.17, 15) is 27.9 Å². The average Bonchev–Trinajstić information content (AvgIpc) is 3.46. The number of halogens is 3. The monoisotopic (exact) mass is 539 g/mol. The molecule has 1 aliphatic rings. The van der Waals surface area contributed by atoms with Crippen LogP contribution in [0.15, 0.2) is 40.4 Å². The van der Waals surface area contributed by atoms with Crippen molar-refractivity contribution in [3.05, 3.63) is 42.3 Å². The molecule has 3 rings (SSSR count). The first-order chi connectivity index (χ1) is 17.8. The third kappa shape index (κ3) is 7.46. The molecule has 1 aromatic heterocycles. The number of nitrogens with zero attached hydrogens (tertiary/aromatic N) is 4. The molecule has 1 aromatic carbocycles. The van der Waals surface area contributed by atoms with Gasteiger partial charge in [0.2, 0.25) is 17.7 Å². The third-order valence-electron chi connectivity index (χ3n) is 5.19. The van der Waals surface area contributed by atoms with Crippen LogP contribution in [-0.2, 0) is 10.9 Å². The summed E-state index contributed by atoms with van der Waals surface area (Å²) in [5, 5.41) is 15.4. The zero-order chi connectivity index (χ0) is 28.1. The van der Waals surface area contributed by atoms with Crippen LogP contribution in [-0.4, -0.2) is 57.0 Å². The Balaban J connectivity index is 1.87. The van der Waals surface area contributed by atoms with E-state index in [1.165, 1.54) is 23.1 Å². The number of aromatic nitrogens is 2. The van der Waals surface area contributed by atoms with Gasteiger partial charge in [0.25, 0.3) is 0 Å². The summed E-state index contributed by atoms with van der Waals surface area (Å²) in [6, 6.07) is 2.74. The van der Waals surface area contributed by atoms with E-state index in [1.807, 2.05) is 0 Å². The summed E-state index contributed by atoms with van der Waals surface area (Å²) in [6.45, 7) is 8.77. The average molecular weight is 540 g/mol. The van der Waals surface area contributed by atoms with Gasteiger partial charge in [0, 0.05) is 12.1 Å². The summed E-state index contributed by atoms with van der Waals surface area (Å²) in [7, 11) is 0. The Hall–Kier alpha value is -4.10. The number of nitrogens with one attached hydrogen (secondary N) is 1. The first-order valence-electron chi connectivity index (χ1n) is 11.7. The number of ether oxygens (including phenoxy) is 2. The van der Waals surface area contributed by atoms with Gasteiger partial charge in [-0.2, -0.15) is 18.2 Å². The summed E-state index contributed by atoms with van der Waals surface area (Å²) in [5.41, 5.74) is -1.80. The van der Waals surface area contributed by atoms with Crippen molar-refractivity contribution in [2.24, 2.45) is 4.99 Å². The number of benzene rings is 1. The Kier molecular flexibility index (Phi) is 8.63. The second kappa shape index (κ2) is 11.5. The van der Waals surface area contributed by atoms with Gasteiger partial charge in [-0.1, -0.05) is 11.2 Å². The number of likely N-dealkylation sites (tertiary alicyclic amines) is 1. The van der Waals surface area contributed by atoms with Crippen molar-refractivity contribution in [2.75, 3.05) is 13.2 Å². The maximum atomic E-state index is 13.7. The van der Waals surface area contributed by atoms with E-state index < -0.39 is 35.6 Å². The maximum absolute atomic E-state index is 13.7. The molecule has 11 nitrogen and oxygen atoms in total. The minimum atomic E-state index is -4.69. The number of alkyl halides is 3. The number of carbonyl (C=O) groups is 2. The third-order valence-corrected chi connectivity index (χ3v) is 5.19. The molecule has 14 heteroatoms. The first kappa shape index (κ1) is 28.5. The van der Waals surface area contributed by atoms with Crippen molar-refractivity contribution >= 4 is 18.1 Å². The molecule has 2 heterocycles. The fourth-order valence-corrected chi connectivity index (χ4v) is 3.68. The zero-order valence-electron chi connectivity index (χ0n) is 21.0. The van der Waals surface area contributed by atoms with E-state index in [0.717, 1.165) is 6.07 Å². The van der Waals surface area contributed by atoms with Gasteiger partial charge in [-0.15, -0.1) is 11.6 Å². The van der Waals surface area contributed by atoms with E-state index in [1.54, 1.807) is 20.8 Å². The van der Waals surface area contributed by atoms with E-state index in [2.05, 4.69) is 27.0 Å². The number of aliphatic imine (C=N–C) groups is 1. The predicted octanol–water partition coefficient (Wildman–Crippen LogP) is 5.41. The molecule has 2 amide bonds. The molecule has 1 unspecified atom stereocenters. The second-order valence-electron chi connectivity index (χ2n) is 9.29. The standard InChI is InChI=1S/C24H28F3N5O6/c1-5-6-12-36-17-10-9-14(13-15(17)24(25,26)27)18-28-19(38-31-18)16-8-7-11-32(16)20(29-21(33)34)30-22(35)37-23(2,3)4/h5,9-10,13,16H,1,6-8,11-12H2,2-4H3,(H,33,34)(H,29,30,35). The summed E-state index contributed by atoms with van der Waals surface area (Å²) in [4.78, 5) is 32.8. The second-order valence-corrected chi connectivity index (χ2v) is 9.29. The largest absolute Gasteiger partial charge is 0.493 e. The predicted molar refractivity (Wildman–Crippen MR) is 129 cm³/mol. The minimum absolute atomic E-state index is 0.0152. The van der Waals surface area contributed by atoms with Crippen molar-refractivity contribution < 1.29 is 41.9 Å². The Morgan fingerprint density at radius 1 is 1.34 bits per heavy atom. The van der Waals surface area contributed by atoms with Gasteiger partial charge >= 0.3 is 18.4 Å². The molecule has 38 heavy (non-hydrogen) atoms. The molecule has 0 saturated carbocycles. The molecule has 2 N–H and O–H groups in total. The van der Waals surface area contributed by atoms with Gasteiger partial charge in [0.1, 0.15) is 17.4 Å². The lowest BCUT2D eigenvalue weighted by Gasteiger charge is -2.26. The highest BCUT2D eigenvalue weighted by Gasteiger charge is 2.37. The number of carbonyl (C=O) groups excluding carboxylic acids is 1. The van der Waals surface area contributed by atoms with E-state index in [0.29, 0.717) is 25.8 Å². The maximum Gasteiger partial charge on any atom is 0.434 e. The van der Waals surface area contributed by atoms with Crippen LogP contribution in [0, 0.1) is 0 Å². The SMILES string of the molecule is C=CCCOc1ccc(-c2noc(C3CCCN3C(=NC(=O)O)NC(=O)OC(C)(C)C)n2)cc1C(F)(F)F. The Bertz CT molecular complexity index is 1200. The van der Waals surface area contributed by atoms with Crippen molar-refractivity contribution in [3.8, 4) is 17.1 Å². The lowest BCUT2D eigenvalue weighted by atomic mass is 10.1. The zero-order valence-corrected chi connectivity index (χ0v) is 21.0. The minimum Gasteiger partial charge on any atom is -0.493 e. The number of hydrogen-bond acceptors (Lipinski definition) is 7. The van der Waals surface area contributed by atoms with Crippen molar-refractivity contribution in [1.29, 1.82) is 0 Å². The molecule has 2 aromatic rings. The van der Waals surface area contributed by atoms with Crippen molar-refractivity contribution in [2.45, 2.75) is 57.9 Å². The van der Waals surface area contributed by atoms with Crippen molar-refractivity contribution in [3.63, 3.8) is 0 Å². The van der Waals surface area contributed by atoms with Crippen LogP contribution >= 0.6 is 0 Å². The summed E-state index contributed by atoms with van der Waals surface area (Å²) < 4.78 is 56.8. The highest BCUT2D eigenvalue weighted by atomic mass is 19.4. The lowest BCUT2D eigenvalue weighted by molar-refractivity contribution is -0.138. The van der Waals surface area contributed by atoms with E-state index in [4.69, 9.17) is 14.0 Å². The Morgan fingerprint density at radius 3 is 2.71 bits per heavy atom. The molecule has 206 valence electrons. The highest BCUT2D eigenvalue weighted by Crippen LogP contribution is 2.39. The van der Waals surface area contributed by atoms with Crippen LogP contribution in [0.25, 0.3) is 11.4 Å². The van der Waals surface area contributed by atoms with Crippen LogP contribution in [0.1, 0.15) is 57.5 Å². The van der Waals surface area contributed by atoms with Crippen LogP contribution in [0.2, 0.25) is 0 Å².